The number of carbonyl (C=O) groups excluding carboxylic acids is 1. The SMILES string of the molecule is CC.CC(C)(C)C.CCCC1(CCC)OC=NC1=O.CCc1ccccc1. The second-order valence-corrected chi connectivity index (χ2v) is 7.99. The molecule has 0 saturated heterocycles. The highest BCUT2D eigenvalue weighted by molar-refractivity contribution is 5.95. The molecule has 0 N–H and O–H groups in total. The van der Waals surface area contributed by atoms with Crippen molar-refractivity contribution in [2.75, 3.05) is 0 Å². The fourth-order valence-electron chi connectivity index (χ4n) is 2.32. The van der Waals surface area contributed by atoms with Gasteiger partial charge in [0.05, 0.1) is 0 Å². The highest BCUT2D eigenvalue weighted by Crippen LogP contribution is 2.28. The maximum atomic E-state index is 11.4. The molecule has 1 aliphatic rings. The molecule has 0 spiro atoms. The van der Waals surface area contributed by atoms with E-state index in [-0.39, 0.29) is 5.91 Å². The van der Waals surface area contributed by atoms with Crippen molar-refractivity contribution in [2.24, 2.45) is 10.4 Å². The van der Waals surface area contributed by atoms with E-state index in [1.54, 1.807) is 0 Å². The zero-order chi connectivity index (χ0) is 21.3. The minimum absolute atomic E-state index is 0.105. The molecule has 3 heteroatoms. The van der Waals surface area contributed by atoms with Gasteiger partial charge in [-0.25, -0.2) is 0 Å². The second kappa shape index (κ2) is 15.4. The first-order valence-corrected chi connectivity index (χ1v) is 10.5. The summed E-state index contributed by atoms with van der Waals surface area (Å²) < 4.78 is 5.29. The van der Waals surface area contributed by atoms with Crippen molar-refractivity contribution >= 4 is 12.3 Å². The molecule has 0 saturated carbocycles. The van der Waals surface area contributed by atoms with Gasteiger partial charge in [-0.1, -0.05) is 105 Å². The quantitative estimate of drug-likeness (QED) is 0.542. The summed E-state index contributed by atoms with van der Waals surface area (Å²) in [5.41, 5.74) is 1.30. The van der Waals surface area contributed by atoms with Gasteiger partial charge in [0, 0.05) is 0 Å². The van der Waals surface area contributed by atoms with E-state index < -0.39 is 5.60 Å². The lowest BCUT2D eigenvalue weighted by Gasteiger charge is -2.23. The Kier molecular flexibility index (Phi) is 15.8. The van der Waals surface area contributed by atoms with E-state index in [9.17, 15) is 4.79 Å². The van der Waals surface area contributed by atoms with Crippen molar-refractivity contribution in [2.45, 2.75) is 100 Å². The molecule has 0 atom stereocenters. The van der Waals surface area contributed by atoms with E-state index in [4.69, 9.17) is 4.74 Å². The van der Waals surface area contributed by atoms with Crippen LogP contribution in [0, 0.1) is 5.41 Å². The van der Waals surface area contributed by atoms with E-state index in [1.165, 1.54) is 12.0 Å². The van der Waals surface area contributed by atoms with Gasteiger partial charge in [-0.3, -0.25) is 4.79 Å². The molecular formula is C24H43NO2. The average molecular weight is 378 g/mol. The molecule has 1 amide bonds. The Hall–Kier alpha value is -1.64. The Balaban J connectivity index is 0. The van der Waals surface area contributed by atoms with Gasteiger partial charge in [-0.15, -0.1) is 0 Å². The largest absolute Gasteiger partial charge is 0.467 e. The molecule has 2 rings (SSSR count). The van der Waals surface area contributed by atoms with Crippen LogP contribution in [0.1, 0.15) is 93.6 Å². The average Bonchev–Trinajstić information content (AvgIpc) is 2.98. The lowest BCUT2D eigenvalue weighted by atomic mass is 9.92. The minimum Gasteiger partial charge on any atom is -0.467 e. The summed E-state index contributed by atoms with van der Waals surface area (Å²) in [4.78, 5) is 15.0. The Labute approximate surface area is 168 Å². The van der Waals surface area contributed by atoms with Gasteiger partial charge in [0.2, 0.25) is 0 Å². The fourth-order valence-corrected chi connectivity index (χ4v) is 2.32. The third kappa shape index (κ3) is 14.1. The van der Waals surface area contributed by atoms with Crippen molar-refractivity contribution in [1.82, 2.24) is 0 Å². The Morgan fingerprint density at radius 3 is 1.63 bits per heavy atom. The number of aryl methyl sites for hydroxylation is 1. The first kappa shape index (κ1) is 27.6. The molecule has 3 nitrogen and oxygen atoms in total. The van der Waals surface area contributed by atoms with Crippen LogP contribution >= 0.6 is 0 Å². The predicted molar refractivity (Wildman–Crippen MR) is 119 cm³/mol. The van der Waals surface area contributed by atoms with Gasteiger partial charge < -0.3 is 4.74 Å². The van der Waals surface area contributed by atoms with Crippen LogP contribution in [0.5, 0.6) is 0 Å². The number of hydrogen-bond acceptors (Lipinski definition) is 2. The topological polar surface area (TPSA) is 38.7 Å². The number of aliphatic imine (C=N–C) groups is 1. The summed E-state index contributed by atoms with van der Waals surface area (Å²) >= 11 is 0. The van der Waals surface area contributed by atoms with E-state index in [1.807, 2.05) is 33.8 Å². The van der Waals surface area contributed by atoms with Crippen molar-refractivity contribution in [3.63, 3.8) is 0 Å². The summed E-state index contributed by atoms with van der Waals surface area (Å²) in [6, 6.07) is 10.5. The van der Waals surface area contributed by atoms with Gasteiger partial charge in [0.1, 0.15) is 0 Å². The highest BCUT2D eigenvalue weighted by atomic mass is 16.5. The molecule has 0 aromatic heterocycles. The first-order chi connectivity index (χ1) is 12.7. The highest BCUT2D eigenvalue weighted by Gasteiger charge is 2.41. The van der Waals surface area contributed by atoms with Crippen LogP contribution in [0.4, 0.5) is 0 Å². The standard InChI is InChI=1S/C9H15NO2.C8H10.C5H12.C2H6/c1-3-5-9(6-4-2)8(11)10-7-12-9;1-2-8-6-4-3-5-7-8;1-5(2,3)4;1-2/h7H,3-6H2,1-2H3;3-7H,2H2,1H3;1-4H3;1-2H3. The molecular weight excluding hydrogens is 334 g/mol. The first-order valence-electron chi connectivity index (χ1n) is 10.5. The number of ether oxygens (including phenoxy) is 1. The van der Waals surface area contributed by atoms with Crippen LogP contribution in [0.15, 0.2) is 35.3 Å². The van der Waals surface area contributed by atoms with Crippen LogP contribution in [0.2, 0.25) is 0 Å². The molecule has 1 aromatic carbocycles. The molecule has 0 bridgehead atoms. The molecule has 1 heterocycles. The Morgan fingerprint density at radius 1 is 0.926 bits per heavy atom. The molecule has 156 valence electrons. The van der Waals surface area contributed by atoms with E-state index >= 15 is 0 Å². The maximum absolute atomic E-state index is 11.4. The summed E-state index contributed by atoms with van der Waals surface area (Å²) in [5.74, 6) is -0.105. The molecule has 1 aliphatic heterocycles. The number of amides is 1. The summed E-state index contributed by atoms with van der Waals surface area (Å²) in [6.45, 7) is 19.0. The summed E-state index contributed by atoms with van der Waals surface area (Å²) in [6.07, 6.45) is 5.89. The second-order valence-electron chi connectivity index (χ2n) is 7.99. The van der Waals surface area contributed by atoms with Crippen LogP contribution in [-0.4, -0.2) is 17.9 Å². The van der Waals surface area contributed by atoms with Crippen molar-refractivity contribution < 1.29 is 9.53 Å². The van der Waals surface area contributed by atoms with Gasteiger partial charge in [-0.2, -0.15) is 4.99 Å². The van der Waals surface area contributed by atoms with Gasteiger partial charge in [-0.05, 0) is 30.2 Å². The van der Waals surface area contributed by atoms with Crippen LogP contribution in [0.3, 0.4) is 0 Å². The van der Waals surface area contributed by atoms with E-state index in [0.717, 1.165) is 32.1 Å². The predicted octanol–water partition coefficient (Wildman–Crippen LogP) is 7.24. The third-order valence-electron chi connectivity index (χ3n) is 3.40. The van der Waals surface area contributed by atoms with Gasteiger partial charge >= 0.3 is 0 Å². The zero-order valence-electron chi connectivity index (χ0n) is 19.3. The van der Waals surface area contributed by atoms with Gasteiger partial charge in [0.25, 0.3) is 5.91 Å². The summed E-state index contributed by atoms with van der Waals surface area (Å²) in [7, 11) is 0. The van der Waals surface area contributed by atoms with Gasteiger partial charge in [0.15, 0.2) is 12.0 Å². The number of nitrogens with zero attached hydrogens (tertiary/aromatic N) is 1. The van der Waals surface area contributed by atoms with Crippen molar-refractivity contribution in [3.8, 4) is 0 Å². The van der Waals surface area contributed by atoms with E-state index in [0.29, 0.717) is 5.41 Å². The maximum Gasteiger partial charge on any atom is 0.292 e. The van der Waals surface area contributed by atoms with Crippen LogP contribution in [-0.2, 0) is 16.0 Å². The lowest BCUT2D eigenvalue weighted by Crippen LogP contribution is -2.36. The monoisotopic (exact) mass is 377 g/mol. The number of hydrogen-bond donors (Lipinski definition) is 0. The Morgan fingerprint density at radius 2 is 1.37 bits per heavy atom. The smallest absolute Gasteiger partial charge is 0.292 e. The normalized spacial score (nSPS) is 13.9. The van der Waals surface area contributed by atoms with Crippen molar-refractivity contribution in [3.05, 3.63) is 35.9 Å². The number of carbonyl (C=O) groups is 1. The van der Waals surface area contributed by atoms with Crippen LogP contribution < -0.4 is 0 Å². The fraction of sp³-hybridized carbons (Fsp3) is 0.667. The Bertz CT molecular complexity index is 489. The molecule has 27 heavy (non-hydrogen) atoms. The molecule has 1 aromatic rings. The third-order valence-corrected chi connectivity index (χ3v) is 3.40. The summed E-state index contributed by atoms with van der Waals surface area (Å²) in [5, 5.41) is 0. The number of benzene rings is 1. The zero-order valence-corrected chi connectivity index (χ0v) is 19.3. The lowest BCUT2D eigenvalue weighted by molar-refractivity contribution is -0.131. The van der Waals surface area contributed by atoms with Crippen molar-refractivity contribution in [1.29, 1.82) is 0 Å². The number of rotatable bonds is 5. The molecule has 0 fully saturated rings. The minimum atomic E-state index is -0.608. The van der Waals surface area contributed by atoms with Crippen LogP contribution in [0.25, 0.3) is 0 Å². The molecule has 0 unspecified atom stereocenters. The molecule has 0 radical (unpaired) electrons. The molecule has 0 aliphatic carbocycles. The van der Waals surface area contributed by atoms with E-state index in [2.05, 4.69) is 63.9 Å².